The molecule has 8 nitrogen and oxygen atoms in total. The monoisotopic (exact) mass is 515 g/mol. The van der Waals surface area contributed by atoms with Crippen molar-refractivity contribution in [3.05, 3.63) is 53.8 Å². The maximum absolute atomic E-state index is 13.6. The largest absolute Gasteiger partial charge is 0.497 e. The van der Waals surface area contributed by atoms with Crippen LogP contribution in [0.2, 0.25) is 0 Å². The van der Waals surface area contributed by atoms with Crippen molar-refractivity contribution in [2.45, 2.75) is 37.9 Å². The Labute approximate surface area is 218 Å². The van der Waals surface area contributed by atoms with E-state index >= 15 is 0 Å². The Balaban J connectivity index is 1.41. The van der Waals surface area contributed by atoms with Crippen molar-refractivity contribution >= 4 is 11.6 Å². The summed E-state index contributed by atoms with van der Waals surface area (Å²) in [6.45, 7) is 6.26. The molecule has 0 unspecified atom stereocenters. The van der Waals surface area contributed by atoms with Gasteiger partial charge in [-0.25, -0.2) is 4.39 Å². The number of β-amino-alcohol motifs (C(OH)–C–C–N with tert-alkyl or cyclic N) is 2. The number of piperidine rings is 1. The molecular weight excluding hydrogens is 477 g/mol. The van der Waals surface area contributed by atoms with Crippen molar-refractivity contribution in [1.29, 1.82) is 0 Å². The van der Waals surface area contributed by atoms with E-state index < -0.39 is 11.2 Å². The van der Waals surface area contributed by atoms with Gasteiger partial charge in [0, 0.05) is 57.9 Å². The summed E-state index contributed by atoms with van der Waals surface area (Å²) in [7, 11) is 1.65. The number of rotatable bonds is 7. The fraction of sp³-hybridized carbons (Fsp3) is 0.536. The zero-order valence-electron chi connectivity index (χ0n) is 22.0. The SMILES string of the molecule is COc1cccc(N2CCC(O)(CN3CCN(C(C)=O)C[C@](O)(COc4ccc(F)c(C)c4)C3)CC2)c1. The molecule has 2 aromatic rings. The summed E-state index contributed by atoms with van der Waals surface area (Å²) in [6, 6.07) is 12.4. The van der Waals surface area contributed by atoms with Gasteiger partial charge in [0.2, 0.25) is 5.91 Å². The molecule has 2 aliphatic heterocycles. The molecule has 2 heterocycles. The van der Waals surface area contributed by atoms with Gasteiger partial charge in [0.25, 0.3) is 0 Å². The first-order chi connectivity index (χ1) is 17.6. The Morgan fingerprint density at radius 2 is 1.76 bits per heavy atom. The number of carbonyl (C=O) groups is 1. The van der Waals surface area contributed by atoms with Crippen LogP contribution in [0.5, 0.6) is 11.5 Å². The summed E-state index contributed by atoms with van der Waals surface area (Å²) in [6.07, 6.45) is 1.17. The number of anilines is 1. The van der Waals surface area contributed by atoms with E-state index in [-0.39, 0.29) is 31.4 Å². The first-order valence-corrected chi connectivity index (χ1v) is 12.8. The molecule has 2 saturated heterocycles. The number of halogens is 1. The van der Waals surface area contributed by atoms with Crippen LogP contribution in [-0.4, -0.2) is 96.7 Å². The molecule has 2 aromatic carbocycles. The minimum absolute atomic E-state index is 0.0552. The van der Waals surface area contributed by atoms with Crippen LogP contribution in [0.25, 0.3) is 0 Å². The average molecular weight is 516 g/mol. The molecule has 2 aliphatic rings. The van der Waals surface area contributed by atoms with Crippen molar-refractivity contribution in [2.24, 2.45) is 0 Å². The van der Waals surface area contributed by atoms with Crippen LogP contribution in [0.3, 0.4) is 0 Å². The molecule has 202 valence electrons. The van der Waals surface area contributed by atoms with E-state index in [0.717, 1.165) is 11.4 Å². The van der Waals surface area contributed by atoms with E-state index in [0.29, 0.717) is 56.9 Å². The highest BCUT2D eigenvalue weighted by molar-refractivity contribution is 5.73. The maximum atomic E-state index is 13.6. The number of hydrogen-bond acceptors (Lipinski definition) is 7. The number of aryl methyl sites for hydroxylation is 1. The molecule has 1 atom stereocenters. The molecule has 0 aliphatic carbocycles. The summed E-state index contributed by atoms with van der Waals surface area (Å²) < 4.78 is 24.8. The van der Waals surface area contributed by atoms with Crippen LogP contribution in [0.1, 0.15) is 25.3 Å². The predicted molar refractivity (Wildman–Crippen MR) is 140 cm³/mol. The summed E-state index contributed by atoms with van der Waals surface area (Å²) >= 11 is 0. The van der Waals surface area contributed by atoms with Crippen LogP contribution in [0.15, 0.2) is 42.5 Å². The Morgan fingerprint density at radius 3 is 2.43 bits per heavy atom. The van der Waals surface area contributed by atoms with Gasteiger partial charge in [0.15, 0.2) is 0 Å². The van der Waals surface area contributed by atoms with Crippen molar-refractivity contribution in [1.82, 2.24) is 9.80 Å². The van der Waals surface area contributed by atoms with Gasteiger partial charge in [0.1, 0.15) is 29.5 Å². The first kappa shape index (κ1) is 27.2. The molecule has 0 saturated carbocycles. The number of hydrogen-bond donors (Lipinski definition) is 2. The van der Waals surface area contributed by atoms with Gasteiger partial charge in [-0.2, -0.15) is 0 Å². The summed E-state index contributed by atoms with van der Waals surface area (Å²) in [5, 5.41) is 23.0. The van der Waals surface area contributed by atoms with E-state index in [1.807, 2.05) is 29.2 Å². The Hall–Kier alpha value is -2.88. The third-order valence-electron chi connectivity index (χ3n) is 7.40. The Kier molecular flexibility index (Phi) is 8.26. The van der Waals surface area contributed by atoms with Gasteiger partial charge in [-0.05, 0) is 55.7 Å². The number of aliphatic hydroxyl groups is 2. The lowest BCUT2D eigenvalue weighted by Gasteiger charge is -2.42. The molecule has 1 amide bonds. The van der Waals surface area contributed by atoms with Gasteiger partial charge in [0.05, 0.1) is 19.3 Å². The lowest BCUT2D eigenvalue weighted by molar-refractivity contribution is -0.132. The lowest BCUT2D eigenvalue weighted by Crippen LogP contribution is -2.55. The highest BCUT2D eigenvalue weighted by atomic mass is 19.1. The molecule has 0 radical (unpaired) electrons. The van der Waals surface area contributed by atoms with Crippen molar-refractivity contribution in [3.8, 4) is 11.5 Å². The lowest BCUT2D eigenvalue weighted by atomic mass is 9.90. The second kappa shape index (κ2) is 11.2. The molecule has 0 aromatic heterocycles. The van der Waals surface area contributed by atoms with E-state index in [2.05, 4.69) is 4.90 Å². The summed E-state index contributed by atoms with van der Waals surface area (Å²) in [5.41, 5.74) is -0.727. The highest BCUT2D eigenvalue weighted by Crippen LogP contribution is 2.30. The fourth-order valence-electron chi connectivity index (χ4n) is 5.22. The highest BCUT2D eigenvalue weighted by Gasteiger charge is 2.41. The Morgan fingerprint density at radius 1 is 1.00 bits per heavy atom. The topological polar surface area (TPSA) is 85.7 Å². The number of ether oxygens (including phenoxy) is 2. The number of amides is 1. The fourth-order valence-corrected chi connectivity index (χ4v) is 5.22. The minimum Gasteiger partial charge on any atom is -0.497 e. The van der Waals surface area contributed by atoms with Gasteiger partial charge in [-0.1, -0.05) is 6.07 Å². The molecule has 37 heavy (non-hydrogen) atoms. The van der Waals surface area contributed by atoms with E-state index in [4.69, 9.17) is 9.47 Å². The molecule has 2 N–H and O–H groups in total. The second-order valence-corrected chi connectivity index (χ2v) is 10.5. The van der Waals surface area contributed by atoms with Gasteiger partial charge >= 0.3 is 0 Å². The quantitative estimate of drug-likeness (QED) is 0.586. The van der Waals surface area contributed by atoms with Crippen LogP contribution < -0.4 is 14.4 Å². The zero-order valence-corrected chi connectivity index (χ0v) is 22.0. The molecular formula is C28H38FN3O5. The summed E-state index contributed by atoms with van der Waals surface area (Å²) in [5.74, 6) is 0.819. The molecule has 2 fully saturated rings. The predicted octanol–water partition coefficient (Wildman–Crippen LogP) is 2.45. The third-order valence-corrected chi connectivity index (χ3v) is 7.40. The van der Waals surface area contributed by atoms with E-state index in [9.17, 15) is 19.4 Å². The number of methoxy groups -OCH3 is 1. The van der Waals surface area contributed by atoms with Gasteiger partial charge in [-0.15, -0.1) is 0 Å². The van der Waals surface area contributed by atoms with Crippen molar-refractivity contribution < 1.29 is 28.9 Å². The second-order valence-electron chi connectivity index (χ2n) is 10.5. The molecule has 4 rings (SSSR count). The molecule has 9 heteroatoms. The maximum Gasteiger partial charge on any atom is 0.219 e. The van der Waals surface area contributed by atoms with Crippen LogP contribution >= 0.6 is 0 Å². The first-order valence-electron chi connectivity index (χ1n) is 12.8. The standard InChI is InChI=1S/C28H38FN3O5/c1-21-15-25(7-8-26(21)29)37-20-28(35)18-30(13-14-32(19-28)22(2)33)17-27(34)9-11-31(12-10-27)23-5-4-6-24(16-23)36-3/h4-8,15-16,34-35H,9-14,17-20H2,1-3H3/t28-/m0/s1. The van der Waals surface area contributed by atoms with E-state index in [1.54, 1.807) is 25.0 Å². The molecule has 0 spiro atoms. The van der Waals surface area contributed by atoms with Gasteiger partial charge < -0.3 is 29.5 Å². The van der Waals surface area contributed by atoms with Crippen LogP contribution in [0, 0.1) is 12.7 Å². The number of benzene rings is 2. The van der Waals surface area contributed by atoms with Gasteiger partial charge in [-0.3, -0.25) is 9.69 Å². The minimum atomic E-state index is -1.35. The van der Waals surface area contributed by atoms with Crippen molar-refractivity contribution in [3.63, 3.8) is 0 Å². The normalized spacial score (nSPS) is 22.4. The average Bonchev–Trinajstić information content (AvgIpc) is 3.04. The van der Waals surface area contributed by atoms with Crippen LogP contribution in [-0.2, 0) is 4.79 Å². The number of nitrogens with zero attached hydrogens (tertiary/aromatic N) is 3. The van der Waals surface area contributed by atoms with Crippen LogP contribution in [0.4, 0.5) is 10.1 Å². The Bertz CT molecular complexity index is 1090. The number of carbonyl (C=O) groups excluding carboxylic acids is 1. The smallest absolute Gasteiger partial charge is 0.219 e. The third kappa shape index (κ3) is 6.91. The summed E-state index contributed by atoms with van der Waals surface area (Å²) in [4.78, 5) is 18.1. The van der Waals surface area contributed by atoms with E-state index in [1.165, 1.54) is 19.1 Å². The molecule has 0 bridgehead atoms. The van der Waals surface area contributed by atoms with Crippen molar-refractivity contribution in [2.75, 3.05) is 64.4 Å². The zero-order chi connectivity index (χ0) is 26.6.